The number of aromatic amines is 1. The SMILES string of the molecule is O=COC(Cc1cn[nH]c1)c1cccc(Cl)c1. The van der Waals surface area contributed by atoms with Crippen molar-refractivity contribution in [2.75, 3.05) is 0 Å². The fraction of sp³-hybridized carbons (Fsp3) is 0.167. The van der Waals surface area contributed by atoms with Gasteiger partial charge in [-0.25, -0.2) is 0 Å². The van der Waals surface area contributed by atoms with Crippen molar-refractivity contribution in [3.63, 3.8) is 0 Å². The minimum absolute atomic E-state index is 0.344. The number of hydrogen-bond acceptors (Lipinski definition) is 3. The number of aromatic nitrogens is 2. The highest BCUT2D eigenvalue weighted by Crippen LogP contribution is 2.23. The van der Waals surface area contributed by atoms with Crippen LogP contribution in [0.5, 0.6) is 0 Å². The zero-order chi connectivity index (χ0) is 12.1. The lowest BCUT2D eigenvalue weighted by atomic mass is 10.0. The Morgan fingerprint density at radius 2 is 2.41 bits per heavy atom. The molecule has 0 bridgehead atoms. The number of benzene rings is 1. The normalized spacial score (nSPS) is 12.1. The lowest BCUT2D eigenvalue weighted by Gasteiger charge is -2.14. The number of ether oxygens (including phenoxy) is 1. The van der Waals surface area contributed by atoms with Gasteiger partial charge in [-0.2, -0.15) is 5.10 Å². The van der Waals surface area contributed by atoms with E-state index in [2.05, 4.69) is 10.2 Å². The number of rotatable bonds is 5. The van der Waals surface area contributed by atoms with Crippen molar-refractivity contribution in [3.05, 3.63) is 52.8 Å². The second-order valence-corrected chi connectivity index (χ2v) is 4.02. The first kappa shape index (κ1) is 11.7. The Morgan fingerprint density at radius 1 is 1.53 bits per heavy atom. The summed E-state index contributed by atoms with van der Waals surface area (Å²) >= 11 is 5.91. The van der Waals surface area contributed by atoms with Crippen LogP contribution < -0.4 is 0 Å². The molecule has 1 aromatic heterocycles. The number of H-pyrrole nitrogens is 1. The molecule has 0 spiro atoms. The summed E-state index contributed by atoms with van der Waals surface area (Å²) in [5.41, 5.74) is 1.84. The van der Waals surface area contributed by atoms with Crippen molar-refractivity contribution in [1.29, 1.82) is 0 Å². The molecule has 0 fully saturated rings. The molecule has 0 radical (unpaired) electrons. The van der Waals surface area contributed by atoms with Crippen LogP contribution in [0.15, 0.2) is 36.7 Å². The van der Waals surface area contributed by atoms with Crippen molar-refractivity contribution in [2.45, 2.75) is 12.5 Å². The van der Waals surface area contributed by atoms with Gasteiger partial charge < -0.3 is 4.74 Å². The summed E-state index contributed by atoms with van der Waals surface area (Å²) in [5.74, 6) is 0. The van der Waals surface area contributed by atoms with Gasteiger partial charge in [-0.3, -0.25) is 9.89 Å². The van der Waals surface area contributed by atoms with Gasteiger partial charge in [0.15, 0.2) is 0 Å². The van der Waals surface area contributed by atoms with Gasteiger partial charge in [-0.15, -0.1) is 0 Å². The molecule has 1 atom stereocenters. The summed E-state index contributed by atoms with van der Waals surface area (Å²) in [6.07, 6.45) is 3.69. The molecule has 1 unspecified atom stereocenters. The summed E-state index contributed by atoms with van der Waals surface area (Å²) in [7, 11) is 0. The molecule has 0 saturated carbocycles. The molecule has 0 aliphatic carbocycles. The van der Waals surface area contributed by atoms with Crippen LogP contribution in [-0.2, 0) is 16.0 Å². The van der Waals surface area contributed by atoms with Crippen molar-refractivity contribution in [3.8, 4) is 0 Å². The smallest absolute Gasteiger partial charge is 0.293 e. The summed E-state index contributed by atoms with van der Waals surface area (Å²) in [5, 5.41) is 7.19. The molecule has 2 aromatic rings. The average molecular weight is 251 g/mol. The molecule has 17 heavy (non-hydrogen) atoms. The first-order valence-corrected chi connectivity index (χ1v) is 5.49. The lowest BCUT2D eigenvalue weighted by Crippen LogP contribution is -2.06. The third-order valence-corrected chi connectivity index (χ3v) is 2.65. The molecular formula is C12H11ClN2O2. The molecule has 1 N–H and O–H groups in total. The predicted molar refractivity (Wildman–Crippen MR) is 63.6 cm³/mol. The van der Waals surface area contributed by atoms with E-state index in [4.69, 9.17) is 16.3 Å². The molecule has 0 aliphatic heterocycles. The highest BCUT2D eigenvalue weighted by molar-refractivity contribution is 6.30. The maximum absolute atomic E-state index is 10.5. The minimum Gasteiger partial charge on any atom is -0.459 e. The Morgan fingerprint density at radius 3 is 3.06 bits per heavy atom. The van der Waals surface area contributed by atoms with Crippen molar-refractivity contribution < 1.29 is 9.53 Å². The van der Waals surface area contributed by atoms with E-state index in [1.807, 2.05) is 12.1 Å². The van der Waals surface area contributed by atoms with Gasteiger partial charge in [0.1, 0.15) is 6.10 Å². The zero-order valence-electron chi connectivity index (χ0n) is 8.97. The second-order valence-electron chi connectivity index (χ2n) is 3.59. The molecule has 5 heteroatoms. The fourth-order valence-electron chi connectivity index (χ4n) is 1.62. The van der Waals surface area contributed by atoms with E-state index in [0.29, 0.717) is 17.9 Å². The number of carbonyl (C=O) groups is 1. The second kappa shape index (κ2) is 5.50. The Balaban J connectivity index is 2.19. The van der Waals surface area contributed by atoms with Crippen LogP contribution in [0.1, 0.15) is 17.2 Å². The van der Waals surface area contributed by atoms with E-state index in [1.165, 1.54) is 0 Å². The van der Waals surface area contributed by atoms with Crippen LogP contribution in [-0.4, -0.2) is 16.7 Å². The Labute approximate surface area is 104 Å². The van der Waals surface area contributed by atoms with Crippen LogP contribution in [0.25, 0.3) is 0 Å². The van der Waals surface area contributed by atoms with E-state index in [0.717, 1.165) is 11.1 Å². The standard InChI is InChI=1S/C12H11ClN2O2/c13-11-3-1-2-10(5-11)12(17-8-16)4-9-6-14-15-7-9/h1-3,5-8,12H,4H2,(H,14,15). The van der Waals surface area contributed by atoms with Crippen LogP contribution in [0.3, 0.4) is 0 Å². The lowest BCUT2D eigenvalue weighted by molar-refractivity contribution is -0.133. The first-order valence-electron chi connectivity index (χ1n) is 5.12. The van der Waals surface area contributed by atoms with E-state index in [9.17, 15) is 4.79 Å². The highest BCUT2D eigenvalue weighted by Gasteiger charge is 2.14. The first-order chi connectivity index (χ1) is 8.29. The van der Waals surface area contributed by atoms with Crippen molar-refractivity contribution in [2.24, 2.45) is 0 Å². The van der Waals surface area contributed by atoms with Gasteiger partial charge in [-0.1, -0.05) is 23.7 Å². The fourth-order valence-corrected chi connectivity index (χ4v) is 1.82. The highest BCUT2D eigenvalue weighted by atomic mass is 35.5. The van der Waals surface area contributed by atoms with Crippen LogP contribution >= 0.6 is 11.6 Å². The van der Waals surface area contributed by atoms with Crippen LogP contribution in [0.2, 0.25) is 5.02 Å². The maximum Gasteiger partial charge on any atom is 0.293 e. The summed E-state index contributed by atoms with van der Waals surface area (Å²) in [6.45, 7) is 0.450. The van der Waals surface area contributed by atoms with Gasteiger partial charge >= 0.3 is 0 Å². The molecule has 0 aliphatic rings. The molecule has 4 nitrogen and oxygen atoms in total. The number of hydrogen-bond donors (Lipinski definition) is 1. The maximum atomic E-state index is 10.5. The topological polar surface area (TPSA) is 55.0 Å². The molecule has 1 heterocycles. The zero-order valence-corrected chi connectivity index (χ0v) is 9.72. The average Bonchev–Trinajstić information content (AvgIpc) is 2.81. The van der Waals surface area contributed by atoms with E-state index in [-0.39, 0.29) is 6.10 Å². The van der Waals surface area contributed by atoms with Crippen molar-refractivity contribution in [1.82, 2.24) is 10.2 Å². The summed E-state index contributed by atoms with van der Waals surface area (Å²) in [4.78, 5) is 10.5. The van der Waals surface area contributed by atoms with Gasteiger partial charge in [0, 0.05) is 17.6 Å². The predicted octanol–water partition coefficient (Wildman–Crippen LogP) is 2.52. The monoisotopic (exact) mass is 250 g/mol. The van der Waals surface area contributed by atoms with Gasteiger partial charge in [-0.05, 0) is 23.3 Å². The number of nitrogens with zero attached hydrogens (tertiary/aromatic N) is 1. The molecule has 0 amide bonds. The Kier molecular flexibility index (Phi) is 3.77. The van der Waals surface area contributed by atoms with Crippen LogP contribution in [0.4, 0.5) is 0 Å². The van der Waals surface area contributed by atoms with E-state index >= 15 is 0 Å². The number of halogens is 1. The molecule has 88 valence electrons. The quantitative estimate of drug-likeness (QED) is 0.830. The van der Waals surface area contributed by atoms with Crippen LogP contribution in [0, 0.1) is 0 Å². The molecule has 2 rings (SSSR count). The minimum atomic E-state index is -0.344. The van der Waals surface area contributed by atoms with Crippen molar-refractivity contribution >= 4 is 18.1 Å². The van der Waals surface area contributed by atoms with Gasteiger partial charge in [0.2, 0.25) is 0 Å². The van der Waals surface area contributed by atoms with Gasteiger partial charge in [0.25, 0.3) is 6.47 Å². The molecule has 1 aromatic carbocycles. The molecule has 0 saturated heterocycles. The number of nitrogens with one attached hydrogen (secondary N) is 1. The number of carbonyl (C=O) groups excluding carboxylic acids is 1. The third kappa shape index (κ3) is 3.07. The van der Waals surface area contributed by atoms with Gasteiger partial charge in [0.05, 0.1) is 6.20 Å². The Bertz CT molecular complexity index is 485. The van der Waals surface area contributed by atoms with E-state index < -0.39 is 0 Å². The molecular weight excluding hydrogens is 240 g/mol. The van der Waals surface area contributed by atoms with E-state index in [1.54, 1.807) is 24.5 Å². The summed E-state index contributed by atoms with van der Waals surface area (Å²) < 4.78 is 5.08. The third-order valence-electron chi connectivity index (χ3n) is 2.42. The largest absolute Gasteiger partial charge is 0.459 e. The Hall–Kier alpha value is -1.81. The summed E-state index contributed by atoms with van der Waals surface area (Å²) in [6, 6.07) is 7.27.